The lowest BCUT2D eigenvalue weighted by molar-refractivity contribution is -0.384. The van der Waals surface area contributed by atoms with Crippen LogP contribution in [-0.4, -0.2) is 16.7 Å². The number of aryl methyl sites for hydroxylation is 1. The summed E-state index contributed by atoms with van der Waals surface area (Å²) in [7, 11) is 0. The smallest absolute Gasteiger partial charge is 0.291 e. The van der Waals surface area contributed by atoms with E-state index in [9.17, 15) is 19.7 Å². The zero-order valence-corrected chi connectivity index (χ0v) is 17.5. The van der Waals surface area contributed by atoms with Crippen LogP contribution in [0.15, 0.2) is 71.1 Å². The summed E-state index contributed by atoms with van der Waals surface area (Å²) in [5.41, 5.74) is 2.09. The van der Waals surface area contributed by atoms with Crippen molar-refractivity contribution in [2.24, 2.45) is 0 Å². The van der Waals surface area contributed by atoms with Crippen LogP contribution >= 0.6 is 11.6 Å². The molecule has 0 radical (unpaired) electrons. The van der Waals surface area contributed by atoms with Gasteiger partial charge >= 0.3 is 0 Å². The number of para-hydroxylation sites is 1. The van der Waals surface area contributed by atoms with Gasteiger partial charge in [-0.2, -0.15) is 0 Å². The van der Waals surface area contributed by atoms with E-state index < -0.39 is 16.7 Å². The van der Waals surface area contributed by atoms with E-state index in [0.29, 0.717) is 22.5 Å². The minimum Gasteiger partial charge on any atom is -0.451 e. The number of rotatable bonds is 5. The van der Waals surface area contributed by atoms with E-state index in [-0.39, 0.29) is 22.0 Å². The average molecular weight is 450 g/mol. The van der Waals surface area contributed by atoms with Crippen LogP contribution in [0.5, 0.6) is 0 Å². The Morgan fingerprint density at radius 1 is 0.969 bits per heavy atom. The minimum absolute atomic E-state index is 0.0491. The summed E-state index contributed by atoms with van der Waals surface area (Å²) < 4.78 is 5.58. The number of benzene rings is 3. The van der Waals surface area contributed by atoms with Crippen LogP contribution in [0, 0.1) is 17.0 Å². The van der Waals surface area contributed by atoms with Crippen molar-refractivity contribution in [3.8, 4) is 0 Å². The molecule has 0 bridgehead atoms. The second-order valence-electron chi connectivity index (χ2n) is 7.01. The number of anilines is 2. The number of halogens is 1. The number of nitrogens with one attached hydrogen (secondary N) is 2. The molecule has 0 aliphatic rings. The van der Waals surface area contributed by atoms with Gasteiger partial charge in [0.1, 0.15) is 10.6 Å². The van der Waals surface area contributed by atoms with E-state index in [1.54, 1.807) is 37.3 Å². The predicted molar refractivity (Wildman–Crippen MR) is 121 cm³/mol. The molecular formula is C23H16ClN3O5. The highest BCUT2D eigenvalue weighted by Gasteiger charge is 2.17. The van der Waals surface area contributed by atoms with Gasteiger partial charge in [-0.3, -0.25) is 19.7 Å². The first-order valence-corrected chi connectivity index (χ1v) is 9.85. The van der Waals surface area contributed by atoms with Crippen LogP contribution in [-0.2, 0) is 0 Å². The van der Waals surface area contributed by atoms with Gasteiger partial charge in [0.15, 0.2) is 5.76 Å². The first-order chi connectivity index (χ1) is 15.3. The van der Waals surface area contributed by atoms with Crippen molar-refractivity contribution < 1.29 is 18.9 Å². The Labute approximate surface area is 186 Å². The van der Waals surface area contributed by atoms with Gasteiger partial charge in [-0.1, -0.05) is 29.8 Å². The summed E-state index contributed by atoms with van der Waals surface area (Å²) >= 11 is 5.79. The third-order valence-corrected chi connectivity index (χ3v) is 5.11. The molecule has 160 valence electrons. The molecule has 0 unspecified atom stereocenters. The lowest BCUT2D eigenvalue weighted by Gasteiger charge is -2.11. The average Bonchev–Trinajstić information content (AvgIpc) is 3.20. The number of hydrogen-bond acceptors (Lipinski definition) is 5. The third kappa shape index (κ3) is 4.30. The molecule has 8 nitrogen and oxygen atoms in total. The Bertz CT molecular complexity index is 1350. The maximum atomic E-state index is 12.6. The number of carbonyl (C=O) groups excluding carboxylic acids is 2. The van der Waals surface area contributed by atoms with Gasteiger partial charge in [0, 0.05) is 28.4 Å². The number of nitro groups is 1. The lowest BCUT2D eigenvalue weighted by atomic mass is 10.1. The largest absolute Gasteiger partial charge is 0.451 e. The van der Waals surface area contributed by atoms with Gasteiger partial charge < -0.3 is 15.1 Å². The van der Waals surface area contributed by atoms with E-state index in [1.165, 1.54) is 12.1 Å². The first kappa shape index (κ1) is 21.1. The summed E-state index contributed by atoms with van der Waals surface area (Å²) in [6.07, 6.45) is 0. The number of furan rings is 1. The van der Waals surface area contributed by atoms with Crippen molar-refractivity contribution >= 4 is 51.4 Å². The van der Waals surface area contributed by atoms with E-state index in [4.69, 9.17) is 16.0 Å². The molecule has 9 heteroatoms. The monoisotopic (exact) mass is 449 g/mol. The highest BCUT2D eigenvalue weighted by molar-refractivity contribution is 6.32. The fourth-order valence-corrected chi connectivity index (χ4v) is 3.34. The lowest BCUT2D eigenvalue weighted by Crippen LogP contribution is -2.14. The van der Waals surface area contributed by atoms with E-state index in [2.05, 4.69) is 10.6 Å². The van der Waals surface area contributed by atoms with Crippen molar-refractivity contribution in [3.05, 3.63) is 98.8 Å². The van der Waals surface area contributed by atoms with Gasteiger partial charge in [-0.05, 0) is 55.0 Å². The van der Waals surface area contributed by atoms with Crippen LogP contribution in [0.1, 0.15) is 26.5 Å². The molecule has 0 aliphatic carbocycles. The van der Waals surface area contributed by atoms with E-state index >= 15 is 0 Å². The Morgan fingerprint density at radius 3 is 2.47 bits per heavy atom. The van der Waals surface area contributed by atoms with Crippen LogP contribution in [0.3, 0.4) is 0 Å². The van der Waals surface area contributed by atoms with Crippen molar-refractivity contribution in [1.82, 2.24) is 0 Å². The molecule has 0 fully saturated rings. The fourth-order valence-electron chi connectivity index (χ4n) is 3.16. The molecule has 0 aliphatic heterocycles. The molecule has 0 atom stereocenters. The SMILES string of the molecule is Cc1cc(NC(=O)c2ccc(Cl)c([N+](=O)[O-])c2)ccc1NC(=O)c1cc2ccccc2o1. The van der Waals surface area contributed by atoms with Crippen molar-refractivity contribution in [1.29, 1.82) is 0 Å². The second kappa shape index (κ2) is 8.52. The molecule has 0 spiro atoms. The quantitative estimate of drug-likeness (QED) is 0.295. The molecule has 1 aromatic heterocycles. The topological polar surface area (TPSA) is 114 Å². The number of fused-ring (bicyclic) bond motifs is 1. The van der Waals surface area contributed by atoms with Gasteiger partial charge in [0.25, 0.3) is 17.5 Å². The van der Waals surface area contributed by atoms with Crippen LogP contribution in [0.4, 0.5) is 17.1 Å². The Morgan fingerprint density at radius 2 is 1.75 bits per heavy atom. The molecular weight excluding hydrogens is 434 g/mol. The summed E-state index contributed by atoms with van der Waals surface area (Å²) in [6, 6.07) is 17.8. The van der Waals surface area contributed by atoms with Crippen molar-refractivity contribution in [3.63, 3.8) is 0 Å². The Hall–Kier alpha value is -4.17. The van der Waals surface area contributed by atoms with Gasteiger partial charge in [-0.15, -0.1) is 0 Å². The molecule has 2 N–H and O–H groups in total. The third-order valence-electron chi connectivity index (χ3n) is 4.79. The predicted octanol–water partition coefficient (Wildman–Crippen LogP) is 5.81. The number of carbonyl (C=O) groups is 2. The molecule has 0 saturated carbocycles. The highest BCUT2D eigenvalue weighted by Crippen LogP contribution is 2.26. The maximum Gasteiger partial charge on any atom is 0.291 e. The summed E-state index contributed by atoms with van der Waals surface area (Å²) in [5.74, 6) is -0.731. The number of nitro benzene ring substituents is 1. The summed E-state index contributed by atoms with van der Waals surface area (Å²) in [6.45, 7) is 1.77. The molecule has 3 aromatic carbocycles. The van der Waals surface area contributed by atoms with Crippen LogP contribution in [0.2, 0.25) is 5.02 Å². The number of hydrogen-bond donors (Lipinski definition) is 2. The molecule has 2 amide bonds. The second-order valence-corrected chi connectivity index (χ2v) is 7.42. The van der Waals surface area contributed by atoms with Gasteiger partial charge in [-0.25, -0.2) is 0 Å². The van der Waals surface area contributed by atoms with Crippen LogP contribution < -0.4 is 10.6 Å². The number of amides is 2. The van der Waals surface area contributed by atoms with Gasteiger partial charge in [0.2, 0.25) is 0 Å². The number of nitrogens with zero attached hydrogens (tertiary/aromatic N) is 1. The molecule has 4 rings (SSSR count). The van der Waals surface area contributed by atoms with Gasteiger partial charge in [0.05, 0.1) is 4.92 Å². The molecule has 1 heterocycles. The Kier molecular flexibility index (Phi) is 5.61. The zero-order chi connectivity index (χ0) is 22.8. The fraction of sp³-hybridized carbons (Fsp3) is 0.0435. The Balaban J connectivity index is 1.48. The standard InChI is InChI=1S/C23H16ClN3O5/c1-13-10-16(25-22(28)15-6-8-17(24)19(11-15)27(30)31)7-9-18(13)26-23(29)21-12-14-4-2-3-5-20(14)32-21/h2-12H,1H3,(H,25,28)(H,26,29). The highest BCUT2D eigenvalue weighted by atomic mass is 35.5. The van der Waals surface area contributed by atoms with Crippen molar-refractivity contribution in [2.45, 2.75) is 6.92 Å². The molecule has 0 saturated heterocycles. The molecule has 32 heavy (non-hydrogen) atoms. The van der Waals surface area contributed by atoms with E-state index in [1.807, 2.05) is 18.2 Å². The normalized spacial score (nSPS) is 10.7. The minimum atomic E-state index is -0.650. The van der Waals surface area contributed by atoms with Crippen LogP contribution in [0.25, 0.3) is 11.0 Å². The van der Waals surface area contributed by atoms with Crippen molar-refractivity contribution in [2.75, 3.05) is 10.6 Å². The summed E-state index contributed by atoms with van der Waals surface area (Å²) in [4.78, 5) is 35.4. The first-order valence-electron chi connectivity index (χ1n) is 9.48. The molecule has 4 aromatic rings. The summed E-state index contributed by atoms with van der Waals surface area (Å²) in [5, 5.41) is 17.3. The maximum absolute atomic E-state index is 12.6. The zero-order valence-electron chi connectivity index (χ0n) is 16.7. The van der Waals surface area contributed by atoms with E-state index in [0.717, 1.165) is 11.5 Å².